The van der Waals surface area contributed by atoms with Crippen molar-refractivity contribution >= 4 is 27.5 Å². The van der Waals surface area contributed by atoms with Gasteiger partial charge in [0.25, 0.3) is 0 Å². The van der Waals surface area contributed by atoms with Crippen LogP contribution < -0.4 is 4.90 Å². The van der Waals surface area contributed by atoms with Crippen LogP contribution in [-0.4, -0.2) is 42.0 Å². The van der Waals surface area contributed by atoms with Crippen LogP contribution in [0.5, 0.6) is 0 Å². The molecule has 1 amide bonds. The van der Waals surface area contributed by atoms with Crippen LogP contribution in [0.4, 0.5) is 0 Å². The van der Waals surface area contributed by atoms with E-state index in [1.165, 1.54) is 14.6 Å². The Labute approximate surface area is 135 Å². The molecular weight excluding hydrogens is 294 g/mol. The van der Waals surface area contributed by atoms with Crippen LogP contribution >= 0.6 is 11.3 Å². The van der Waals surface area contributed by atoms with Crippen molar-refractivity contribution < 1.29 is 9.69 Å². The highest BCUT2D eigenvalue weighted by molar-refractivity contribution is 7.18. The Morgan fingerprint density at radius 3 is 2.73 bits per heavy atom. The average Bonchev–Trinajstić information content (AvgIpc) is 2.89. The first-order chi connectivity index (χ1) is 10.6. The van der Waals surface area contributed by atoms with Gasteiger partial charge in [-0.3, -0.25) is 4.79 Å². The lowest BCUT2D eigenvalue weighted by Crippen LogP contribution is -3.13. The summed E-state index contributed by atoms with van der Waals surface area (Å²) in [6.45, 7) is 8.56. The zero-order valence-corrected chi connectivity index (χ0v) is 13.9. The normalized spacial score (nSPS) is 16.0. The summed E-state index contributed by atoms with van der Waals surface area (Å²) in [6, 6.07) is 8.29. The van der Waals surface area contributed by atoms with E-state index < -0.39 is 0 Å². The van der Waals surface area contributed by atoms with Gasteiger partial charge in [0.05, 0.1) is 36.4 Å². The number of benzene rings is 1. The van der Waals surface area contributed by atoms with Crippen molar-refractivity contribution in [2.75, 3.05) is 26.2 Å². The van der Waals surface area contributed by atoms with Gasteiger partial charge in [0.1, 0.15) is 11.6 Å². The maximum absolute atomic E-state index is 12.0. The number of allylic oxidation sites excluding steroid dienone is 1. The zero-order chi connectivity index (χ0) is 15.5. The highest BCUT2D eigenvalue weighted by Crippen LogP contribution is 2.20. The lowest BCUT2D eigenvalue weighted by Gasteiger charge is -2.31. The predicted molar refractivity (Wildman–Crippen MR) is 90.0 cm³/mol. The van der Waals surface area contributed by atoms with Gasteiger partial charge < -0.3 is 9.80 Å². The number of nitrogens with one attached hydrogen (secondary N) is 1. The topological polar surface area (TPSA) is 37.6 Å². The number of quaternary nitrogens is 1. The van der Waals surface area contributed by atoms with Gasteiger partial charge in [-0.15, -0.1) is 11.3 Å². The summed E-state index contributed by atoms with van der Waals surface area (Å²) in [7, 11) is 0. The first kappa shape index (κ1) is 15.2. The monoisotopic (exact) mass is 316 g/mol. The molecule has 4 nitrogen and oxygen atoms in total. The SMILES string of the molecule is CC(C)=CC(=O)N1CC[NH+](Cc2nc3ccccc3s2)CC1. The minimum Gasteiger partial charge on any atom is -0.328 e. The van der Waals surface area contributed by atoms with Crippen molar-refractivity contribution in [3.8, 4) is 0 Å². The number of carbonyl (C=O) groups is 1. The molecule has 0 spiro atoms. The van der Waals surface area contributed by atoms with Crippen molar-refractivity contribution in [3.05, 3.63) is 40.9 Å². The molecule has 1 aliphatic heterocycles. The van der Waals surface area contributed by atoms with E-state index in [4.69, 9.17) is 4.98 Å². The molecule has 1 aromatic heterocycles. The number of fused-ring (bicyclic) bond motifs is 1. The third-order valence-corrected chi connectivity index (χ3v) is 4.97. The molecule has 1 aliphatic rings. The first-order valence-corrected chi connectivity index (χ1v) is 8.55. The smallest absolute Gasteiger partial charge is 0.246 e. The summed E-state index contributed by atoms with van der Waals surface area (Å²) in [6.07, 6.45) is 1.73. The Kier molecular flexibility index (Phi) is 4.55. The quantitative estimate of drug-likeness (QED) is 0.871. The average molecular weight is 316 g/mol. The molecule has 0 aliphatic carbocycles. The predicted octanol–water partition coefficient (Wildman–Crippen LogP) is 1.49. The van der Waals surface area contributed by atoms with Gasteiger partial charge in [-0.05, 0) is 26.0 Å². The number of piperazine rings is 1. The molecule has 1 aromatic carbocycles. The van der Waals surface area contributed by atoms with Crippen LogP contribution in [0.1, 0.15) is 18.9 Å². The molecule has 1 N–H and O–H groups in total. The zero-order valence-electron chi connectivity index (χ0n) is 13.1. The van der Waals surface area contributed by atoms with Gasteiger partial charge in [0, 0.05) is 6.08 Å². The summed E-state index contributed by atoms with van der Waals surface area (Å²) in [5.74, 6) is 0.152. The van der Waals surface area contributed by atoms with E-state index in [9.17, 15) is 4.79 Å². The molecule has 116 valence electrons. The lowest BCUT2D eigenvalue weighted by atomic mass is 10.2. The van der Waals surface area contributed by atoms with Gasteiger partial charge in [-0.25, -0.2) is 4.98 Å². The van der Waals surface area contributed by atoms with E-state index in [1.807, 2.05) is 24.8 Å². The Balaban J connectivity index is 1.57. The number of para-hydroxylation sites is 1. The maximum atomic E-state index is 12.0. The molecular formula is C17H22N3OS+. The molecule has 0 saturated carbocycles. The number of aromatic nitrogens is 1. The molecule has 0 radical (unpaired) electrons. The Bertz CT molecular complexity index is 662. The fraction of sp³-hybridized carbons (Fsp3) is 0.412. The van der Waals surface area contributed by atoms with Crippen molar-refractivity contribution in [1.29, 1.82) is 0 Å². The van der Waals surface area contributed by atoms with Crippen LogP contribution in [0.15, 0.2) is 35.9 Å². The molecule has 1 saturated heterocycles. The Morgan fingerprint density at radius 2 is 2.05 bits per heavy atom. The van der Waals surface area contributed by atoms with E-state index in [-0.39, 0.29) is 5.91 Å². The fourth-order valence-corrected chi connectivity index (χ4v) is 3.81. The lowest BCUT2D eigenvalue weighted by molar-refractivity contribution is -0.917. The molecule has 2 aromatic rings. The van der Waals surface area contributed by atoms with Crippen molar-refractivity contribution in [2.45, 2.75) is 20.4 Å². The largest absolute Gasteiger partial charge is 0.328 e. The molecule has 0 atom stereocenters. The number of nitrogens with zero attached hydrogens (tertiary/aromatic N) is 2. The number of hydrogen-bond acceptors (Lipinski definition) is 3. The third-order valence-electron chi connectivity index (χ3n) is 3.93. The summed E-state index contributed by atoms with van der Waals surface area (Å²) in [4.78, 5) is 20.2. The van der Waals surface area contributed by atoms with Crippen LogP contribution in [0.25, 0.3) is 10.2 Å². The standard InChI is InChI=1S/C17H21N3OS/c1-13(2)11-17(21)20-9-7-19(8-10-20)12-16-18-14-5-3-4-6-15(14)22-16/h3-6,11H,7-10,12H2,1-2H3/p+1. The van der Waals surface area contributed by atoms with Crippen LogP contribution in [0.2, 0.25) is 0 Å². The molecule has 0 unspecified atom stereocenters. The number of hydrogen-bond donors (Lipinski definition) is 1. The molecule has 22 heavy (non-hydrogen) atoms. The van der Waals surface area contributed by atoms with E-state index in [2.05, 4.69) is 18.2 Å². The second-order valence-electron chi connectivity index (χ2n) is 6.05. The highest BCUT2D eigenvalue weighted by atomic mass is 32.1. The second kappa shape index (κ2) is 6.58. The molecule has 5 heteroatoms. The van der Waals surface area contributed by atoms with Crippen LogP contribution in [0, 0.1) is 0 Å². The summed E-state index contributed by atoms with van der Waals surface area (Å²) >= 11 is 1.78. The Morgan fingerprint density at radius 1 is 1.32 bits per heavy atom. The van der Waals surface area contributed by atoms with Crippen molar-refractivity contribution in [3.63, 3.8) is 0 Å². The minimum atomic E-state index is 0.152. The molecule has 2 heterocycles. The fourth-order valence-electron chi connectivity index (χ4n) is 2.77. The van der Waals surface area contributed by atoms with Gasteiger partial charge in [-0.1, -0.05) is 17.7 Å². The van der Waals surface area contributed by atoms with Gasteiger partial charge in [0.15, 0.2) is 0 Å². The summed E-state index contributed by atoms with van der Waals surface area (Å²) in [5.41, 5.74) is 2.16. The summed E-state index contributed by atoms with van der Waals surface area (Å²) < 4.78 is 1.26. The van der Waals surface area contributed by atoms with Crippen molar-refractivity contribution in [2.24, 2.45) is 0 Å². The number of thiazole rings is 1. The molecule has 3 rings (SSSR count). The first-order valence-electron chi connectivity index (χ1n) is 7.73. The second-order valence-corrected chi connectivity index (χ2v) is 7.16. The number of amides is 1. The van der Waals surface area contributed by atoms with E-state index in [0.717, 1.165) is 43.8 Å². The minimum absolute atomic E-state index is 0.152. The highest BCUT2D eigenvalue weighted by Gasteiger charge is 2.23. The third kappa shape index (κ3) is 3.54. The Hall–Kier alpha value is -1.72. The maximum Gasteiger partial charge on any atom is 0.246 e. The van der Waals surface area contributed by atoms with E-state index >= 15 is 0 Å². The van der Waals surface area contributed by atoms with E-state index in [1.54, 1.807) is 17.4 Å². The number of carbonyl (C=O) groups excluding carboxylic acids is 1. The molecule has 0 bridgehead atoms. The van der Waals surface area contributed by atoms with E-state index in [0.29, 0.717) is 0 Å². The molecule has 1 fully saturated rings. The van der Waals surface area contributed by atoms with Crippen molar-refractivity contribution in [1.82, 2.24) is 9.88 Å². The van der Waals surface area contributed by atoms with Gasteiger partial charge in [-0.2, -0.15) is 0 Å². The number of rotatable bonds is 3. The van der Waals surface area contributed by atoms with Crippen LogP contribution in [0.3, 0.4) is 0 Å². The summed E-state index contributed by atoms with van der Waals surface area (Å²) in [5, 5.41) is 1.19. The van der Waals surface area contributed by atoms with Crippen LogP contribution in [-0.2, 0) is 11.3 Å². The van der Waals surface area contributed by atoms with Gasteiger partial charge in [0.2, 0.25) is 5.91 Å². The van der Waals surface area contributed by atoms with Gasteiger partial charge >= 0.3 is 0 Å².